The third kappa shape index (κ3) is 4.17. The molecule has 0 unspecified atom stereocenters. The van der Waals surface area contributed by atoms with Crippen molar-refractivity contribution in [1.82, 2.24) is 0 Å². The molecule has 0 aromatic heterocycles. The van der Waals surface area contributed by atoms with E-state index in [9.17, 15) is 9.59 Å². The van der Waals surface area contributed by atoms with Gasteiger partial charge in [0.15, 0.2) is 0 Å². The number of hydrogen-bond acceptors (Lipinski definition) is 6. The lowest BCUT2D eigenvalue weighted by Crippen LogP contribution is -2.11. The zero-order valence-electron chi connectivity index (χ0n) is 11.0. The molecule has 0 saturated carbocycles. The molecule has 2 N–H and O–H groups in total. The highest BCUT2D eigenvalue weighted by molar-refractivity contribution is 5.96. The van der Waals surface area contributed by atoms with Gasteiger partial charge in [0, 0.05) is 6.42 Å². The van der Waals surface area contributed by atoms with Crippen LogP contribution in [0.3, 0.4) is 0 Å². The van der Waals surface area contributed by atoms with Crippen LogP contribution in [-0.2, 0) is 14.3 Å². The molecule has 104 valence electrons. The van der Waals surface area contributed by atoms with E-state index >= 15 is 0 Å². The summed E-state index contributed by atoms with van der Waals surface area (Å²) in [5, 5.41) is 0. The van der Waals surface area contributed by atoms with Gasteiger partial charge >= 0.3 is 11.9 Å². The molecule has 6 nitrogen and oxygen atoms in total. The Morgan fingerprint density at radius 3 is 2.63 bits per heavy atom. The van der Waals surface area contributed by atoms with E-state index in [0.717, 1.165) is 0 Å². The Morgan fingerprint density at radius 1 is 1.26 bits per heavy atom. The zero-order chi connectivity index (χ0) is 14.3. The molecule has 0 heterocycles. The first-order chi connectivity index (χ1) is 9.10. The fourth-order valence-electron chi connectivity index (χ4n) is 1.46. The fraction of sp³-hybridized carbons (Fsp3) is 0.385. The van der Waals surface area contributed by atoms with E-state index in [4.69, 9.17) is 15.2 Å². The van der Waals surface area contributed by atoms with Gasteiger partial charge in [0.1, 0.15) is 5.75 Å². The van der Waals surface area contributed by atoms with Gasteiger partial charge in [0.2, 0.25) is 0 Å². The number of hydrogen-bond donors (Lipinski definition) is 1. The van der Waals surface area contributed by atoms with Gasteiger partial charge in [-0.05, 0) is 18.6 Å². The summed E-state index contributed by atoms with van der Waals surface area (Å²) in [6.07, 6.45) is 0.611. The standard InChI is InChI=1S/C13H17NO5/c1-17-10-6-3-5-9(12(10)14)13(16)19-8-4-7-11(15)18-2/h3,5-6H,4,7-8,14H2,1-2H3. The molecule has 0 atom stereocenters. The number of ether oxygens (including phenoxy) is 3. The smallest absolute Gasteiger partial charge is 0.340 e. The van der Waals surface area contributed by atoms with Gasteiger partial charge in [-0.15, -0.1) is 0 Å². The molecule has 0 saturated heterocycles. The average molecular weight is 267 g/mol. The summed E-state index contributed by atoms with van der Waals surface area (Å²) in [6, 6.07) is 4.87. The van der Waals surface area contributed by atoms with E-state index in [1.54, 1.807) is 18.2 Å². The van der Waals surface area contributed by atoms with Crippen molar-refractivity contribution >= 4 is 17.6 Å². The van der Waals surface area contributed by atoms with Gasteiger partial charge in [0.05, 0.1) is 32.1 Å². The molecule has 1 rings (SSSR count). The quantitative estimate of drug-likeness (QED) is 0.476. The normalized spacial score (nSPS) is 9.79. The maximum Gasteiger partial charge on any atom is 0.340 e. The van der Waals surface area contributed by atoms with E-state index in [2.05, 4.69) is 4.74 Å². The van der Waals surface area contributed by atoms with Gasteiger partial charge in [0.25, 0.3) is 0 Å². The number of carbonyl (C=O) groups excluding carboxylic acids is 2. The lowest BCUT2D eigenvalue weighted by Gasteiger charge is -2.09. The Hall–Kier alpha value is -2.24. The van der Waals surface area contributed by atoms with Crippen molar-refractivity contribution in [1.29, 1.82) is 0 Å². The fourth-order valence-corrected chi connectivity index (χ4v) is 1.46. The molecule has 0 aliphatic rings. The van der Waals surface area contributed by atoms with Crippen molar-refractivity contribution in [3.63, 3.8) is 0 Å². The van der Waals surface area contributed by atoms with Crippen molar-refractivity contribution in [3.8, 4) is 5.75 Å². The second-order valence-electron chi connectivity index (χ2n) is 3.74. The van der Waals surface area contributed by atoms with Crippen LogP contribution in [0.5, 0.6) is 5.75 Å². The summed E-state index contributed by atoms with van der Waals surface area (Å²) < 4.78 is 14.5. The summed E-state index contributed by atoms with van der Waals surface area (Å²) in [7, 11) is 2.78. The van der Waals surface area contributed by atoms with Crippen molar-refractivity contribution in [2.45, 2.75) is 12.8 Å². The highest BCUT2D eigenvalue weighted by Crippen LogP contribution is 2.25. The molecule has 1 aromatic rings. The molecule has 0 radical (unpaired) electrons. The minimum atomic E-state index is -0.540. The molecule has 0 spiro atoms. The van der Waals surface area contributed by atoms with Gasteiger partial charge in [-0.2, -0.15) is 0 Å². The highest BCUT2D eigenvalue weighted by Gasteiger charge is 2.14. The number of carbonyl (C=O) groups is 2. The predicted molar refractivity (Wildman–Crippen MR) is 68.9 cm³/mol. The van der Waals surface area contributed by atoms with Crippen molar-refractivity contribution < 1.29 is 23.8 Å². The Bertz CT molecular complexity index is 458. The Kier molecular flexibility index (Phi) is 5.66. The first-order valence-corrected chi connectivity index (χ1v) is 5.76. The van der Waals surface area contributed by atoms with Crippen molar-refractivity contribution in [2.24, 2.45) is 0 Å². The summed E-state index contributed by atoms with van der Waals surface area (Å²) in [5.41, 5.74) is 6.26. The maximum absolute atomic E-state index is 11.8. The molecular weight excluding hydrogens is 250 g/mol. The van der Waals surface area contributed by atoms with Crippen LogP contribution in [0.4, 0.5) is 5.69 Å². The Morgan fingerprint density at radius 2 is 2.00 bits per heavy atom. The van der Waals surface area contributed by atoms with Gasteiger partial charge in [-0.25, -0.2) is 4.79 Å². The van der Waals surface area contributed by atoms with E-state index in [1.165, 1.54) is 14.2 Å². The van der Waals surface area contributed by atoms with Crippen LogP contribution in [0, 0.1) is 0 Å². The molecule has 6 heteroatoms. The molecule has 0 aliphatic heterocycles. The molecular formula is C13H17NO5. The maximum atomic E-state index is 11.8. The summed E-state index contributed by atoms with van der Waals surface area (Å²) in [6.45, 7) is 0.130. The summed E-state index contributed by atoms with van der Waals surface area (Å²) >= 11 is 0. The van der Waals surface area contributed by atoms with Crippen LogP contribution >= 0.6 is 0 Å². The average Bonchev–Trinajstić information content (AvgIpc) is 2.43. The molecule has 0 aliphatic carbocycles. The summed E-state index contributed by atoms with van der Waals surface area (Å²) in [4.78, 5) is 22.6. The largest absolute Gasteiger partial charge is 0.495 e. The van der Waals surface area contributed by atoms with Crippen LogP contribution in [0.25, 0.3) is 0 Å². The number of nitrogen functional groups attached to an aromatic ring is 1. The number of methoxy groups -OCH3 is 2. The van der Waals surface area contributed by atoms with Gasteiger partial charge in [-0.3, -0.25) is 4.79 Å². The molecule has 0 bridgehead atoms. The topological polar surface area (TPSA) is 87.8 Å². The Labute approximate surface area is 111 Å². The molecule has 1 aromatic carbocycles. The second kappa shape index (κ2) is 7.25. The first-order valence-electron chi connectivity index (χ1n) is 5.76. The number of rotatable bonds is 6. The van der Waals surface area contributed by atoms with E-state index in [-0.39, 0.29) is 30.2 Å². The number of benzene rings is 1. The third-order valence-electron chi connectivity index (χ3n) is 2.49. The number of para-hydroxylation sites is 1. The second-order valence-corrected chi connectivity index (χ2v) is 3.74. The van der Waals surface area contributed by atoms with Crippen LogP contribution in [0.2, 0.25) is 0 Å². The minimum absolute atomic E-state index is 0.130. The first kappa shape index (κ1) is 14.8. The van der Waals surface area contributed by atoms with Crippen LogP contribution in [-0.4, -0.2) is 32.8 Å². The number of anilines is 1. The van der Waals surface area contributed by atoms with Crippen LogP contribution in [0.1, 0.15) is 23.2 Å². The molecule has 0 fully saturated rings. The minimum Gasteiger partial charge on any atom is -0.495 e. The van der Waals surface area contributed by atoms with E-state index in [1.807, 2.05) is 0 Å². The number of esters is 2. The van der Waals surface area contributed by atoms with Crippen molar-refractivity contribution in [3.05, 3.63) is 23.8 Å². The lowest BCUT2D eigenvalue weighted by atomic mass is 10.1. The lowest BCUT2D eigenvalue weighted by molar-refractivity contribution is -0.140. The van der Waals surface area contributed by atoms with E-state index < -0.39 is 5.97 Å². The SMILES string of the molecule is COC(=O)CCCOC(=O)c1cccc(OC)c1N. The molecule has 19 heavy (non-hydrogen) atoms. The summed E-state index contributed by atoms with van der Waals surface area (Å²) in [5.74, 6) is -0.456. The number of nitrogens with two attached hydrogens (primary N) is 1. The molecule has 0 amide bonds. The van der Waals surface area contributed by atoms with Crippen molar-refractivity contribution in [2.75, 3.05) is 26.6 Å². The van der Waals surface area contributed by atoms with Gasteiger partial charge in [-0.1, -0.05) is 6.07 Å². The van der Waals surface area contributed by atoms with Crippen LogP contribution in [0.15, 0.2) is 18.2 Å². The highest BCUT2D eigenvalue weighted by atomic mass is 16.5. The zero-order valence-corrected chi connectivity index (χ0v) is 11.0. The third-order valence-corrected chi connectivity index (χ3v) is 2.49. The Balaban J connectivity index is 2.52. The van der Waals surface area contributed by atoms with Gasteiger partial charge < -0.3 is 19.9 Å². The monoisotopic (exact) mass is 267 g/mol. The van der Waals surface area contributed by atoms with E-state index in [0.29, 0.717) is 12.2 Å². The predicted octanol–water partition coefficient (Wildman–Crippen LogP) is 1.39. The van der Waals surface area contributed by atoms with Crippen LogP contribution < -0.4 is 10.5 Å².